The van der Waals surface area contributed by atoms with Crippen LogP contribution in [0.5, 0.6) is 11.6 Å². The monoisotopic (exact) mass is 335 g/mol. The average Bonchev–Trinajstić information content (AvgIpc) is 2.67. The van der Waals surface area contributed by atoms with Gasteiger partial charge in [0.05, 0.1) is 18.4 Å². The number of ether oxygens (including phenoxy) is 2. The van der Waals surface area contributed by atoms with Crippen LogP contribution in [0, 0.1) is 0 Å². The van der Waals surface area contributed by atoms with E-state index < -0.39 is 5.97 Å². The van der Waals surface area contributed by atoms with Gasteiger partial charge < -0.3 is 14.6 Å². The number of pyridine rings is 1. The van der Waals surface area contributed by atoms with Gasteiger partial charge in [-0.2, -0.15) is 0 Å². The van der Waals surface area contributed by atoms with E-state index in [1.165, 1.54) is 19.2 Å². The lowest BCUT2D eigenvalue weighted by Gasteiger charge is -2.09. The summed E-state index contributed by atoms with van der Waals surface area (Å²) in [7, 11) is 1.46. The highest BCUT2D eigenvalue weighted by Crippen LogP contribution is 2.25. The topological polar surface area (TPSA) is 68.7 Å². The number of rotatable bonds is 6. The van der Waals surface area contributed by atoms with Crippen LogP contribution in [0.2, 0.25) is 0 Å². The average molecular weight is 335 g/mol. The van der Waals surface area contributed by atoms with E-state index in [-0.39, 0.29) is 11.4 Å². The van der Waals surface area contributed by atoms with Crippen LogP contribution in [0.25, 0.3) is 11.3 Å². The summed E-state index contributed by atoms with van der Waals surface area (Å²) in [6.07, 6.45) is 0. The minimum absolute atomic E-state index is 0.131. The zero-order chi connectivity index (χ0) is 17.6. The second-order valence-electron chi connectivity index (χ2n) is 5.39. The second kappa shape index (κ2) is 7.49. The molecule has 1 heterocycles. The van der Waals surface area contributed by atoms with Crippen molar-refractivity contribution in [2.24, 2.45) is 0 Å². The third kappa shape index (κ3) is 4.14. The number of carbonyl (C=O) groups is 1. The first-order chi connectivity index (χ1) is 12.2. The van der Waals surface area contributed by atoms with Crippen molar-refractivity contribution in [2.75, 3.05) is 7.11 Å². The van der Waals surface area contributed by atoms with E-state index in [9.17, 15) is 9.90 Å². The molecule has 1 aromatic heterocycles. The normalized spacial score (nSPS) is 10.3. The Hall–Kier alpha value is -3.34. The summed E-state index contributed by atoms with van der Waals surface area (Å²) in [6, 6.07) is 20.2. The first kappa shape index (κ1) is 16.5. The van der Waals surface area contributed by atoms with Crippen molar-refractivity contribution in [2.45, 2.75) is 6.61 Å². The molecule has 0 spiro atoms. The van der Waals surface area contributed by atoms with Crippen LogP contribution in [-0.4, -0.2) is 23.2 Å². The van der Waals surface area contributed by atoms with Crippen LogP contribution < -0.4 is 9.47 Å². The number of hydrogen-bond acceptors (Lipinski definition) is 4. The molecule has 0 saturated heterocycles. The van der Waals surface area contributed by atoms with Gasteiger partial charge in [-0.05, 0) is 35.9 Å². The molecule has 0 saturated carbocycles. The molecule has 2 aromatic carbocycles. The molecule has 0 radical (unpaired) electrons. The molecule has 126 valence electrons. The molecule has 3 rings (SSSR count). The van der Waals surface area contributed by atoms with Crippen LogP contribution in [0.15, 0.2) is 66.7 Å². The zero-order valence-electron chi connectivity index (χ0n) is 13.7. The molecule has 0 atom stereocenters. The van der Waals surface area contributed by atoms with Crippen LogP contribution >= 0.6 is 0 Å². The lowest BCUT2D eigenvalue weighted by atomic mass is 10.1. The first-order valence-electron chi connectivity index (χ1n) is 7.72. The fraction of sp³-hybridized carbons (Fsp3) is 0.100. The van der Waals surface area contributed by atoms with E-state index in [0.717, 1.165) is 16.9 Å². The number of benzene rings is 2. The summed E-state index contributed by atoms with van der Waals surface area (Å²) >= 11 is 0. The highest BCUT2D eigenvalue weighted by atomic mass is 16.5. The Bertz CT molecular complexity index is 861. The molecule has 0 aliphatic heterocycles. The van der Waals surface area contributed by atoms with Crippen molar-refractivity contribution in [3.05, 3.63) is 77.9 Å². The molecule has 0 fully saturated rings. The Kier molecular flexibility index (Phi) is 4.95. The SMILES string of the molecule is COc1cc(C(=O)O)cc(-c2ccc(OCc3ccccc3)cc2)n1. The summed E-state index contributed by atoms with van der Waals surface area (Å²) in [6.45, 7) is 0.487. The minimum Gasteiger partial charge on any atom is -0.489 e. The van der Waals surface area contributed by atoms with Gasteiger partial charge in [0, 0.05) is 11.6 Å². The zero-order valence-corrected chi connectivity index (χ0v) is 13.7. The van der Waals surface area contributed by atoms with Gasteiger partial charge in [-0.15, -0.1) is 0 Å². The van der Waals surface area contributed by atoms with Gasteiger partial charge in [0.15, 0.2) is 0 Å². The summed E-state index contributed by atoms with van der Waals surface area (Å²) in [5.41, 5.74) is 2.54. The van der Waals surface area contributed by atoms with Crippen molar-refractivity contribution in [1.82, 2.24) is 4.98 Å². The van der Waals surface area contributed by atoms with Gasteiger partial charge in [-0.3, -0.25) is 0 Å². The Labute approximate surface area is 145 Å². The molecule has 0 bridgehead atoms. The van der Waals surface area contributed by atoms with Crippen molar-refractivity contribution in [1.29, 1.82) is 0 Å². The predicted molar refractivity (Wildman–Crippen MR) is 94.0 cm³/mol. The van der Waals surface area contributed by atoms with Crippen molar-refractivity contribution < 1.29 is 19.4 Å². The van der Waals surface area contributed by atoms with Gasteiger partial charge in [-0.1, -0.05) is 30.3 Å². The summed E-state index contributed by atoms with van der Waals surface area (Å²) in [4.78, 5) is 15.5. The molecule has 0 aliphatic carbocycles. The summed E-state index contributed by atoms with van der Waals surface area (Å²) < 4.78 is 10.8. The van der Waals surface area contributed by atoms with Gasteiger partial charge in [-0.25, -0.2) is 9.78 Å². The number of aromatic carboxylic acids is 1. The molecule has 25 heavy (non-hydrogen) atoms. The fourth-order valence-corrected chi connectivity index (χ4v) is 2.34. The van der Waals surface area contributed by atoms with Crippen LogP contribution in [0.3, 0.4) is 0 Å². The van der Waals surface area contributed by atoms with Gasteiger partial charge in [0.2, 0.25) is 5.88 Å². The van der Waals surface area contributed by atoms with Crippen LogP contribution in [-0.2, 0) is 6.61 Å². The highest BCUT2D eigenvalue weighted by Gasteiger charge is 2.10. The Morgan fingerprint density at radius 1 is 1.04 bits per heavy atom. The van der Waals surface area contributed by atoms with Gasteiger partial charge in [0.25, 0.3) is 0 Å². The molecule has 5 nitrogen and oxygen atoms in total. The Balaban J connectivity index is 1.78. The van der Waals surface area contributed by atoms with E-state index in [4.69, 9.17) is 9.47 Å². The molecule has 3 aromatic rings. The lowest BCUT2D eigenvalue weighted by molar-refractivity contribution is 0.0696. The molecule has 0 aliphatic rings. The number of hydrogen-bond donors (Lipinski definition) is 1. The van der Waals surface area contributed by atoms with Crippen molar-refractivity contribution in [3.8, 4) is 22.9 Å². The number of carboxylic acid groups (broad SMARTS) is 1. The maximum atomic E-state index is 11.2. The predicted octanol–water partition coefficient (Wildman–Crippen LogP) is 4.03. The quantitative estimate of drug-likeness (QED) is 0.736. The van der Waals surface area contributed by atoms with E-state index in [1.807, 2.05) is 54.6 Å². The standard InChI is InChI=1S/C20H17NO4/c1-24-19-12-16(20(22)23)11-18(21-19)15-7-9-17(10-8-15)25-13-14-5-3-2-4-6-14/h2-12H,13H2,1H3,(H,22,23). The number of methoxy groups -OCH3 is 1. The molecular formula is C20H17NO4. The number of nitrogens with zero attached hydrogens (tertiary/aromatic N) is 1. The summed E-state index contributed by atoms with van der Waals surface area (Å²) in [5.74, 6) is -0.0296. The summed E-state index contributed by atoms with van der Waals surface area (Å²) in [5, 5.41) is 9.20. The van der Waals surface area contributed by atoms with E-state index in [2.05, 4.69) is 4.98 Å². The largest absolute Gasteiger partial charge is 0.489 e. The molecule has 5 heteroatoms. The van der Waals surface area contributed by atoms with Gasteiger partial charge in [0.1, 0.15) is 12.4 Å². The Morgan fingerprint density at radius 3 is 2.40 bits per heavy atom. The number of carboxylic acids is 1. The maximum Gasteiger partial charge on any atom is 0.335 e. The smallest absolute Gasteiger partial charge is 0.335 e. The van der Waals surface area contributed by atoms with Crippen LogP contribution in [0.1, 0.15) is 15.9 Å². The van der Waals surface area contributed by atoms with E-state index in [1.54, 1.807) is 0 Å². The van der Waals surface area contributed by atoms with E-state index >= 15 is 0 Å². The third-order valence-corrected chi connectivity index (χ3v) is 3.66. The third-order valence-electron chi connectivity index (χ3n) is 3.66. The highest BCUT2D eigenvalue weighted by molar-refractivity contribution is 5.89. The van der Waals surface area contributed by atoms with Crippen LogP contribution in [0.4, 0.5) is 0 Å². The van der Waals surface area contributed by atoms with E-state index in [0.29, 0.717) is 12.3 Å². The Morgan fingerprint density at radius 2 is 1.76 bits per heavy atom. The minimum atomic E-state index is -1.02. The second-order valence-corrected chi connectivity index (χ2v) is 5.39. The molecule has 0 amide bonds. The fourth-order valence-electron chi connectivity index (χ4n) is 2.34. The molecular weight excluding hydrogens is 318 g/mol. The molecule has 1 N–H and O–H groups in total. The molecule has 0 unspecified atom stereocenters. The first-order valence-corrected chi connectivity index (χ1v) is 7.72. The lowest BCUT2D eigenvalue weighted by Crippen LogP contribution is -2.00. The maximum absolute atomic E-state index is 11.2. The number of aromatic nitrogens is 1. The van der Waals surface area contributed by atoms with Crippen molar-refractivity contribution in [3.63, 3.8) is 0 Å². The van der Waals surface area contributed by atoms with Gasteiger partial charge >= 0.3 is 5.97 Å². The van der Waals surface area contributed by atoms with Crippen molar-refractivity contribution >= 4 is 5.97 Å².